The lowest BCUT2D eigenvalue weighted by molar-refractivity contribution is 1.02. The second-order valence-corrected chi connectivity index (χ2v) is 3.00. The van der Waals surface area contributed by atoms with E-state index in [9.17, 15) is 0 Å². The Kier molecular flexibility index (Phi) is 2.49. The van der Waals surface area contributed by atoms with Gasteiger partial charge in [-0.05, 0) is 24.6 Å². The molecule has 3 nitrogen and oxygen atoms in total. The topological polar surface area (TPSA) is 38.7 Å². The van der Waals surface area contributed by atoms with Crippen molar-refractivity contribution >= 4 is 0 Å². The van der Waals surface area contributed by atoms with Gasteiger partial charge in [-0.2, -0.15) is 10.2 Å². The molecule has 70 valence electrons. The number of pyridine rings is 1. The molecule has 2 heterocycles. The summed E-state index contributed by atoms with van der Waals surface area (Å²) in [4.78, 5) is 4.49. The van der Waals surface area contributed by atoms with E-state index in [1.165, 1.54) is 0 Å². The van der Waals surface area contributed by atoms with Crippen LogP contribution in [0.2, 0.25) is 0 Å². The average molecular weight is 185 g/mol. The Morgan fingerprint density at radius 3 is 2.79 bits per heavy atom. The minimum Gasteiger partial charge on any atom is -0.253 e. The van der Waals surface area contributed by atoms with Crippen molar-refractivity contribution in [3.8, 4) is 11.3 Å². The zero-order valence-electron chi connectivity index (χ0n) is 8.01. The summed E-state index contributed by atoms with van der Waals surface area (Å²) < 4.78 is 0. The van der Waals surface area contributed by atoms with Crippen molar-refractivity contribution in [1.82, 2.24) is 15.2 Å². The van der Waals surface area contributed by atoms with Gasteiger partial charge < -0.3 is 0 Å². The Balaban J connectivity index is 2.42. The van der Waals surface area contributed by atoms with Crippen molar-refractivity contribution in [3.63, 3.8) is 0 Å². The zero-order valence-corrected chi connectivity index (χ0v) is 8.01. The Hall–Kier alpha value is -1.77. The highest BCUT2D eigenvalue weighted by atomic mass is 15.1. The second-order valence-electron chi connectivity index (χ2n) is 3.00. The molecule has 0 N–H and O–H groups in total. The molecule has 0 spiro atoms. The first-order valence-corrected chi connectivity index (χ1v) is 4.63. The van der Waals surface area contributed by atoms with Crippen LogP contribution in [-0.4, -0.2) is 15.2 Å². The predicted octanol–water partition coefficient (Wildman–Crippen LogP) is 2.10. The van der Waals surface area contributed by atoms with Gasteiger partial charge in [0.25, 0.3) is 0 Å². The largest absolute Gasteiger partial charge is 0.253 e. The first-order valence-electron chi connectivity index (χ1n) is 4.63. The quantitative estimate of drug-likeness (QED) is 0.719. The molecule has 0 aromatic carbocycles. The summed E-state index contributed by atoms with van der Waals surface area (Å²) in [5.74, 6) is 0. The first kappa shape index (κ1) is 8.81. The number of nitrogens with zero attached hydrogens (tertiary/aromatic N) is 3. The maximum Gasteiger partial charge on any atom is 0.0722 e. The molecule has 0 bridgehead atoms. The van der Waals surface area contributed by atoms with Crippen molar-refractivity contribution in [3.05, 3.63) is 42.4 Å². The third kappa shape index (κ3) is 1.76. The molecule has 0 radical (unpaired) electrons. The zero-order chi connectivity index (χ0) is 9.80. The molecular formula is C11H11N3. The molecule has 0 atom stereocenters. The van der Waals surface area contributed by atoms with E-state index in [2.05, 4.69) is 22.1 Å². The van der Waals surface area contributed by atoms with E-state index in [0.29, 0.717) is 0 Å². The van der Waals surface area contributed by atoms with Crippen LogP contribution in [0.15, 0.2) is 36.7 Å². The predicted molar refractivity (Wildman–Crippen MR) is 54.6 cm³/mol. The van der Waals surface area contributed by atoms with Crippen LogP contribution >= 0.6 is 0 Å². The van der Waals surface area contributed by atoms with Gasteiger partial charge in [0.05, 0.1) is 18.1 Å². The van der Waals surface area contributed by atoms with Crippen molar-refractivity contribution in [2.75, 3.05) is 0 Å². The molecule has 0 aliphatic heterocycles. The van der Waals surface area contributed by atoms with Gasteiger partial charge in [-0.3, -0.25) is 4.98 Å². The van der Waals surface area contributed by atoms with Crippen LogP contribution in [0.3, 0.4) is 0 Å². The van der Waals surface area contributed by atoms with Crippen LogP contribution < -0.4 is 0 Å². The summed E-state index contributed by atoms with van der Waals surface area (Å²) in [6.45, 7) is 2.09. The van der Waals surface area contributed by atoms with E-state index in [1.807, 2.05) is 24.3 Å². The highest BCUT2D eigenvalue weighted by Gasteiger charge is 1.99. The van der Waals surface area contributed by atoms with Crippen LogP contribution in [0.1, 0.15) is 12.6 Å². The molecule has 3 heteroatoms. The van der Waals surface area contributed by atoms with Gasteiger partial charge in [-0.25, -0.2) is 0 Å². The summed E-state index contributed by atoms with van der Waals surface area (Å²) >= 11 is 0. The van der Waals surface area contributed by atoms with Gasteiger partial charge in [0.2, 0.25) is 0 Å². The van der Waals surface area contributed by atoms with Crippen molar-refractivity contribution in [2.45, 2.75) is 13.3 Å². The van der Waals surface area contributed by atoms with Crippen molar-refractivity contribution in [1.29, 1.82) is 0 Å². The Labute approximate surface area is 82.8 Å². The van der Waals surface area contributed by atoms with E-state index in [-0.39, 0.29) is 0 Å². The summed E-state index contributed by atoms with van der Waals surface area (Å²) in [5, 5.41) is 7.56. The van der Waals surface area contributed by atoms with Gasteiger partial charge in [0, 0.05) is 11.3 Å². The Morgan fingerprint density at radius 1 is 1.14 bits per heavy atom. The lowest BCUT2D eigenvalue weighted by atomic mass is 10.2. The highest BCUT2D eigenvalue weighted by Crippen LogP contribution is 2.14. The lowest BCUT2D eigenvalue weighted by Gasteiger charge is -2.01. The van der Waals surface area contributed by atoms with Gasteiger partial charge in [0.1, 0.15) is 0 Å². The van der Waals surface area contributed by atoms with Crippen LogP contribution in [0.5, 0.6) is 0 Å². The fraction of sp³-hybridized carbons (Fsp3) is 0.182. The Bertz CT molecular complexity index is 412. The number of hydrogen-bond acceptors (Lipinski definition) is 3. The molecule has 0 aliphatic carbocycles. The van der Waals surface area contributed by atoms with E-state index >= 15 is 0 Å². The fourth-order valence-corrected chi connectivity index (χ4v) is 1.28. The van der Waals surface area contributed by atoms with Crippen molar-refractivity contribution < 1.29 is 0 Å². The number of aromatic nitrogens is 3. The average Bonchev–Trinajstić information content (AvgIpc) is 2.30. The number of aryl methyl sites for hydroxylation is 1. The molecule has 2 aromatic heterocycles. The molecule has 0 unspecified atom stereocenters. The van der Waals surface area contributed by atoms with E-state index in [0.717, 1.165) is 23.4 Å². The van der Waals surface area contributed by atoms with Gasteiger partial charge >= 0.3 is 0 Å². The monoisotopic (exact) mass is 185 g/mol. The van der Waals surface area contributed by atoms with E-state index in [1.54, 1.807) is 12.4 Å². The smallest absolute Gasteiger partial charge is 0.0722 e. The first-order chi connectivity index (χ1) is 6.90. The molecule has 0 saturated heterocycles. The molecule has 0 amide bonds. The summed E-state index contributed by atoms with van der Waals surface area (Å²) in [6, 6.07) is 7.94. The fourth-order valence-electron chi connectivity index (χ4n) is 1.28. The Morgan fingerprint density at radius 2 is 2.07 bits per heavy atom. The van der Waals surface area contributed by atoms with Gasteiger partial charge in [0.15, 0.2) is 0 Å². The maximum absolute atomic E-state index is 4.49. The summed E-state index contributed by atoms with van der Waals surface area (Å²) in [6.07, 6.45) is 4.35. The van der Waals surface area contributed by atoms with Gasteiger partial charge in [-0.15, -0.1) is 0 Å². The van der Waals surface area contributed by atoms with Crippen LogP contribution in [-0.2, 0) is 6.42 Å². The standard InChI is InChI=1S/C11H11N3/c1-2-10-4-3-5-11(14-10)9-6-7-12-13-8-9/h3-8H,2H2,1H3. The summed E-state index contributed by atoms with van der Waals surface area (Å²) in [5.41, 5.74) is 3.06. The minimum absolute atomic E-state index is 0.951. The molecular weight excluding hydrogens is 174 g/mol. The van der Waals surface area contributed by atoms with Crippen LogP contribution in [0, 0.1) is 0 Å². The van der Waals surface area contributed by atoms with Gasteiger partial charge in [-0.1, -0.05) is 13.0 Å². The normalized spacial score (nSPS) is 10.1. The lowest BCUT2D eigenvalue weighted by Crippen LogP contribution is -1.90. The van der Waals surface area contributed by atoms with E-state index in [4.69, 9.17) is 0 Å². The maximum atomic E-state index is 4.49. The second kappa shape index (κ2) is 3.96. The molecule has 0 saturated carbocycles. The van der Waals surface area contributed by atoms with Crippen LogP contribution in [0.4, 0.5) is 0 Å². The highest BCUT2D eigenvalue weighted by molar-refractivity contribution is 5.56. The molecule has 2 rings (SSSR count). The van der Waals surface area contributed by atoms with Crippen molar-refractivity contribution in [2.24, 2.45) is 0 Å². The summed E-state index contributed by atoms with van der Waals surface area (Å²) in [7, 11) is 0. The third-order valence-corrected chi connectivity index (χ3v) is 2.05. The molecule has 2 aromatic rings. The number of rotatable bonds is 2. The molecule has 0 aliphatic rings. The third-order valence-electron chi connectivity index (χ3n) is 2.05. The minimum atomic E-state index is 0.951. The SMILES string of the molecule is CCc1cccc(-c2ccnnc2)n1. The molecule has 14 heavy (non-hydrogen) atoms. The number of hydrogen-bond donors (Lipinski definition) is 0. The molecule has 0 fully saturated rings. The van der Waals surface area contributed by atoms with Crippen LogP contribution in [0.25, 0.3) is 11.3 Å². The van der Waals surface area contributed by atoms with E-state index < -0.39 is 0 Å².